The number of hydrogen-bond donors (Lipinski definition) is 0. The summed E-state index contributed by atoms with van der Waals surface area (Å²) in [7, 11) is 0. The number of fused-ring (bicyclic) bond motifs is 1. The molecule has 2 aliphatic heterocycles. The Morgan fingerprint density at radius 2 is 2.00 bits per heavy atom. The fourth-order valence-electron chi connectivity index (χ4n) is 4.54. The van der Waals surface area contributed by atoms with Gasteiger partial charge in [0, 0.05) is 24.0 Å². The van der Waals surface area contributed by atoms with Crippen LogP contribution in [0.4, 0.5) is 15.8 Å². The zero-order valence-electron chi connectivity index (χ0n) is 17.0. The second-order valence-corrected chi connectivity index (χ2v) is 8.11. The van der Waals surface area contributed by atoms with E-state index in [1.165, 1.54) is 31.5 Å². The van der Waals surface area contributed by atoms with Crippen LogP contribution in [0.25, 0.3) is 0 Å². The number of likely N-dealkylation sites (tertiary alicyclic amines) is 1. The molecule has 1 saturated heterocycles. The number of carbonyl (C=O) groups excluding carboxylic acids is 1. The van der Waals surface area contributed by atoms with Crippen LogP contribution < -0.4 is 9.64 Å². The lowest BCUT2D eigenvalue weighted by Crippen LogP contribution is -2.36. The molecule has 1 fully saturated rings. The molecule has 2 aromatic rings. The Morgan fingerprint density at radius 3 is 2.72 bits per heavy atom. The molecule has 0 aliphatic carbocycles. The summed E-state index contributed by atoms with van der Waals surface area (Å²) in [6.45, 7) is 5.31. The van der Waals surface area contributed by atoms with Crippen LogP contribution in [0.3, 0.4) is 0 Å². The van der Waals surface area contributed by atoms with Gasteiger partial charge in [-0.25, -0.2) is 4.39 Å². The number of aryl methyl sites for hydroxylation is 1. The SMILES string of the molecule is C[C@@H]1CCCN1CCCOc1ccc2c(c1)CCC(C=O)N2c1ccc(F)cc1. The first-order valence-electron chi connectivity index (χ1n) is 10.7. The van der Waals surface area contributed by atoms with Crippen molar-refractivity contribution in [2.75, 3.05) is 24.6 Å². The van der Waals surface area contributed by atoms with Gasteiger partial charge in [-0.1, -0.05) is 0 Å². The molecule has 2 heterocycles. The second kappa shape index (κ2) is 8.95. The Balaban J connectivity index is 1.43. The zero-order chi connectivity index (χ0) is 20.2. The van der Waals surface area contributed by atoms with E-state index in [1.54, 1.807) is 12.1 Å². The van der Waals surface area contributed by atoms with E-state index >= 15 is 0 Å². The van der Waals surface area contributed by atoms with Crippen LogP contribution in [-0.4, -0.2) is 43.0 Å². The molecule has 2 atom stereocenters. The van der Waals surface area contributed by atoms with Gasteiger partial charge >= 0.3 is 0 Å². The lowest BCUT2D eigenvalue weighted by molar-refractivity contribution is -0.109. The molecule has 0 spiro atoms. The van der Waals surface area contributed by atoms with Gasteiger partial charge in [-0.2, -0.15) is 0 Å². The van der Waals surface area contributed by atoms with Gasteiger partial charge in [-0.05, 0) is 93.6 Å². The average Bonchev–Trinajstić information content (AvgIpc) is 3.15. The first kappa shape index (κ1) is 19.9. The van der Waals surface area contributed by atoms with Gasteiger partial charge in [0.1, 0.15) is 17.9 Å². The number of carbonyl (C=O) groups is 1. The molecule has 5 heteroatoms. The van der Waals surface area contributed by atoms with Crippen LogP contribution in [-0.2, 0) is 11.2 Å². The molecule has 0 radical (unpaired) electrons. The van der Waals surface area contributed by atoms with E-state index in [1.807, 2.05) is 17.0 Å². The maximum atomic E-state index is 13.3. The molecule has 0 N–H and O–H groups in total. The van der Waals surface area contributed by atoms with E-state index in [2.05, 4.69) is 17.9 Å². The van der Waals surface area contributed by atoms with Gasteiger partial charge in [0.2, 0.25) is 0 Å². The number of hydrogen-bond acceptors (Lipinski definition) is 4. The van der Waals surface area contributed by atoms with Crippen LogP contribution in [0.5, 0.6) is 5.75 Å². The Kier molecular flexibility index (Phi) is 6.14. The summed E-state index contributed by atoms with van der Waals surface area (Å²) in [6, 6.07) is 12.9. The number of benzene rings is 2. The van der Waals surface area contributed by atoms with Gasteiger partial charge < -0.3 is 19.3 Å². The summed E-state index contributed by atoms with van der Waals surface area (Å²) in [6.07, 6.45) is 6.19. The predicted octanol–water partition coefficient (Wildman–Crippen LogP) is 4.73. The number of ether oxygens (including phenoxy) is 1. The Hall–Kier alpha value is -2.40. The highest BCUT2D eigenvalue weighted by atomic mass is 19.1. The summed E-state index contributed by atoms with van der Waals surface area (Å²) in [4.78, 5) is 16.2. The van der Waals surface area contributed by atoms with E-state index in [4.69, 9.17) is 4.74 Å². The van der Waals surface area contributed by atoms with Crippen molar-refractivity contribution < 1.29 is 13.9 Å². The van der Waals surface area contributed by atoms with Gasteiger partial charge in [0.15, 0.2) is 0 Å². The number of aldehydes is 1. The van der Waals surface area contributed by atoms with Crippen molar-refractivity contribution in [2.24, 2.45) is 0 Å². The van der Waals surface area contributed by atoms with E-state index in [0.29, 0.717) is 12.6 Å². The standard InChI is InChI=1S/C24H29FN2O2/c1-18-4-2-13-26(18)14-3-15-29-23-11-12-24-19(16-23)5-8-22(17-28)27(24)21-9-6-20(25)7-10-21/h6-7,9-12,16-18,22H,2-5,8,13-15H2,1H3/t18-,22?/m1/s1. The second-order valence-electron chi connectivity index (χ2n) is 8.11. The van der Waals surface area contributed by atoms with Crippen LogP contribution in [0, 0.1) is 5.82 Å². The van der Waals surface area contributed by atoms with Gasteiger partial charge in [0.25, 0.3) is 0 Å². The summed E-state index contributed by atoms with van der Waals surface area (Å²) in [5.41, 5.74) is 2.99. The number of halogens is 1. The summed E-state index contributed by atoms with van der Waals surface area (Å²) in [5.74, 6) is 0.600. The lowest BCUT2D eigenvalue weighted by atomic mass is 9.95. The quantitative estimate of drug-likeness (QED) is 0.500. The maximum absolute atomic E-state index is 13.3. The van der Waals surface area contributed by atoms with Gasteiger partial charge in [-0.15, -0.1) is 0 Å². The Labute approximate surface area is 172 Å². The zero-order valence-corrected chi connectivity index (χ0v) is 17.0. The van der Waals surface area contributed by atoms with Crippen molar-refractivity contribution in [3.05, 3.63) is 53.8 Å². The smallest absolute Gasteiger partial charge is 0.142 e. The summed E-state index contributed by atoms with van der Waals surface area (Å²) >= 11 is 0. The molecule has 0 aromatic heterocycles. The van der Waals surface area contributed by atoms with Crippen molar-refractivity contribution in [3.8, 4) is 5.75 Å². The van der Waals surface area contributed by atoms with Gasteiger partial charge in [-0.3, -0.25) is 0 Å². The fourth-order valence-corrected chi connectivity index (χ4v) is 4.54. The Morgan fingerprint density at radius 1 is 1.17 bits per heavy atom. The van der Waals surface area contributed by atoms with E-state index in [9.17, 15) is 9.18 Å². The highest BCUT2D eigenvalue weighted by Gasteiger charge is 2.27. The molecule has 2 aliphatic rings. The third-order valence-electron chi connectivity index (χ3n) is 6.16. The molecule has 4 nitrogen and oxygen atoms in total. The van der Waals surface area contributed by atoms with Crippen LogP contribution in [0.2, 0.25) is 0 Å². The topological polar surface area (TPSA) is 32.8 Å². The number of rotatable bonds is 7. The molecule has 4 rings (SSSR count). The summed E-state index contributed by atoms with van der Waals surface area (Å²) < 4.78 is 19.4. The highest BCUT2D eigenvalue weighted by molar-refractivity contribution is 5.78. The maximum Gasteiger partial charge on any atom is 0.142 e. The molecule has 0 bridgehead atoms. The molecular weight excluding hydrogens is 367 g/mol. The molecule has 0 saturated carbocycles. The van der Waals surface area contributed by atoms with Gasteiger partial charge in [0.05, 0.1) is 12.6 Å². The van der Waals surface area contributed by atoms with Crippen LogP contribution in [0.15, 0.2) is 42.5 Å². The molecule has 2 aromatic carbocycles. The third kappa shape index (κ3) is 4.45. The normalized spacial score (nSPS) is 21.8. The molecular formula is C24H29FN2O2. The molecule has 0 amide bonds. The largest absolute Gasteiger partial charge is 0.494 e. The minimum Gasteiger partial charge on any atom is -0.494 e. The number of anilines is 2. The Bertz CT molecular complexity index is 839. The van der Waals surface area contributed by atoms with Crippen molar-refractivity contribution in [1.29, 1.82) is 0 Å². The van der Waals surface area contributed by atoms with Crippen LogP contribution in [0.1, 0.15) is 38.2 Å². The number of nitrogens with zero attached hydrogens (tertiary/aromatic N) is 2. The van der Waals surface area contributed by atoms with Crippen LogP contribution >= 0.6 is 0 Å². The first-order chi connectivity index (χ1) is 14.2. The minimum absolute atomic E-state index is 0.234. The van der Waals surface area contributed by atoms with E-state index in [0.717, 1.165) is 54.8 Å². The van der Waals surface area contributed by atoms with Crippen molar-refractivity contribution in [2.45, 2.75) is 51.1 Å². The highest BCUT2D eigenvalue weighted by Crippen LogP contribution is 2.38. The van der Waals surface area contributed by atoms with Crippen molar-refractivity contribution >= 4 is 17.7 Å². The van der Waals surface area contributed by atoms with Crippen molar-refractivity contribution in [3.63, 3.8) is 0 Å². The predicted molar refractivity (Wildman–Crippen MR) is 114 cm³/mol. The first-order valence-corrected chi connectivity index (χ1v) is 10.7. The molecule has 1 unspecified atom stereocenters. The lowest BCUT2D eigenvalue weighted by Gasteiger charge is -2.36. The minimum atomic E-state index is -0.277. The summed E-state index contributed by atoms with van der Waals surface area (Å²) in [5, 5.41) is 0. The van der Waals surface area contributed by atoms with E-state index < -0.39 is 0 Å². The third-order valence-corrected chi connectivity index (χ3v) is 6.16. The molecule has 29 heavy (non-hydrogen) atoms. The average molecular weight is 397 g/mol. The monoisotopic (exact) mass is 396 g/mol. The van der Waals surface area contributed by atoms with Crippen molar-refractivity contribution in [1.82, 2.24) is 4.90 Å². The van der Waals surface area contributed by atoms with E-state index in [-0.39, 0.29) is 11.9 Å². The molecule has 154 valence electrons. The fraction of sp³-hybridized carbons (Fsp3) is 0.458.